The summed E-state index contributed by atoms with van der Waals surface area (Å²) in [5, 5.41) is 5.09. The number of rotatable bonds is 14. The van der Waals surface area contributed by atoms with Crippen LogP contribution in [0.4, 0.5) is 0 Å². The van der Waals surface area contributed by atoms with Crippen LogP contribution in [0.25, 0.3) is 0 Å². The number of ether oxygens (including phenoxy) is 4. The zero-order valence-electron chi connectivity index (χ0n) is 24.7. The number of esters is 2. The first kappa shape index (κ1) is 33.8. The van der Waals surface area contributed by atoms with E-state index in [2.05, 4.69) is 0 Å². The lowest BCUT2D eigenvalue weighted by Gasteiger charge is -2.30. The molecule has 8 nitrogen and oxygen atoms in total. The minimum absolute atomic E-state index is 0.266. The van der Waals surface area contributed by atoms with E-state index in [1.165, 1.54) is 22.7 Å². The minimum Gasteiger partial charge on any atom is -0.485 e. The van der Waals surface area contributed by atoms with Gasteiger partial charge in [0.15, 0.2) is 12.5 Å². The number of benzene rings is 2. The van der Waals surface area contributed by atoms with Crippen molar-refractivity contribution in [1.82, 2.24) is 9.80 Å². The number of thiophene rings is 2. The summed E-state index contributed by atoms with van der Waals surface area (Å²) in [5.74, 6) is -0.964. The predicted octanol–water partition coefficient (Wildman–Crippen LogP) is 7.70. The Hall–Kier alpha value is -3.12. The third-order valence-corrected chi connectivity index (χ3v) is 8.97. The molecular formula is C32H34Cl2N2O6S2. The molecule has 0 spiro atoms. The summed E-state index contributed by atoms with van der Waals surface area (Å²) in [6, 6.07) is 21.8. The molecule has 0 amide bonds. The monoisotopic (exact) mass is 676 g/mol. The van der Waals surface area contributed by atoms with Crippen LogP contribution in [0.5, 0.6) is 11.5 Å². The highest BCUT2D eigenvalue weighted by atomic mass is 35.5. The smallest absolute Gasteiger partial charge is 0.419 e. The van der Waals surface area contributed by atoms with Gasteiger partial charge in [0.2, 0.25) is 0 Å². The molecule has 44 heavy (non-hydrogen) atoms. The molecular weight excluding hydrogens is 643 g/mol. The van der Waals surface area contributed by atoms with Gasteiger partial charge in [-0.1, -0.05) is 35.3 Å². The molecule has 4 rings (SSSR count). The maximum absolute atomic E-state index is 13.1. The van der Waals surface area contributed by atoms with Gasteiger partial charge in [0, 0.05) is 32.6 Å². The fourth-order valence-electron chi connectivity index (χ4n) is 4.19. The van der Waals surface area contributed by atoms with Gasteiger partial charge in [-0.25, -0.2) is 9.59 Å². The van der Waals surface area contributed by atoms with Gasteiger partial charge in [-0.15, -0.1) is 22.7 Å². The second kappa shape index (κ2) is 16.3. The van der Waals surface area contributed by atoms with Gasteiger partial charge < -0.3 is 18.9 Å². The summed E-state index contributed by atoms with van der Waals surface area (Å²) in [5.41, 5.74) is 0. The predicted molar refractivity (Wildman–Crippen MR) is 175 cm³/mol. The highest BCUT2D eigenvalue weighted by molar-refractivity contribution is 7.10. The summed E-state index contributed by atoms with van der Waals surface area (Å²) in [6.07, 6.45) is -1.92. The number of hydrogen-bond acceptors (Lipinski definition) is 10. The highest BCUT2D eigenvalue weighted by Gasteiger charge is 2.32. The second-order valence-corrected chi connectivity index (χ2v) is 13.1. The fraction of sp³-hybridized carbons (Fsp3) is 0.312. The van der Waals surface area contributed by atoms with Crippen LogP contribution in [0.3, 0.4) is 0 Å². The Bertz CT molecular complexity index is 1340. The van der Waals surface area contributed by atoms with Crippen molar-refractivity contribution in [3.05, 3.63) is 103 Å². The van der Waals surface area contributed by atoms with E-state index in [1.54, 1.807) is 86.5 Å². The van der Waals surface area contributed by atoms with E-state index < -0.39 is 36.6 Å². The molecule has 0 saturated heterocycles. The lowest BCUT2D eigenvalue weighted by molar-refractivity contribution is -0.185. The molecule has 0 aliphatic heterocycles. The minimum atomic E-state index is -1.10. The summed E-state index contributed by atoms with van der Waals surface area (Å²) >= 11 is 15.1. The molecule has 234 valence electrons. The van der Waals surface area contributed by atoms with E-state index in [-0.39, 0.29) is 12.8 Å². The lowest BCUT2D eigenvalue weighted by Crippen LogP contribution is -2.41. The molecule has 12 heteroatoms. The van der Waals surface area contributed by atoms with Crippen LogP contribution in [-0.4, -0.2) is 62.4 Å². The highest BCUT2D eigenvalue weighted by Crippen LogP contribution is 2.32. The van der Waals surface area contributed by atoms with Crippen molar-refractivity contribution < 1.29 is 28.5 Å². The van der Waals surface area contributed by atoms with E-state index in [0.717, 1.165) is 9.75 Å². The number of nitrogens with zero attached hydrogens (tertiary/aromatic N) is 2. The van der Waals surface area contributed by atoms with Crippen molar-refractivity contribution in [2.45, 2.75) is 37.5 Å². The Morgan fingerprint density at radius 3 is 1.30 bits per heavy atom. The second-order valence-electron chi connectivity index (χ2n) is 10.3. The maximum atomic E-state index is 13.1. The Balaban J connectivity index is 1.43. The van der Waals surface area contributed by atoms with Crippen molar-refractivity contribution >= 4 is 57.8 Å². The zero-order chi connectivity index (χ0) is 31.6. The van der Waals surface area contributed by atoms with Gasteiger partial charge in [-0.05, 0) is 99.6 Å². The number of hydrogen-bond donors (Lipinski definition) is 0. The number of carbonyl (C=O) groups excluding carboxylic acids is 2. The SMILES string of the molecule is CN(C)C(CC(Oc1ccc(Cl)cc1)c1cccs1)OC(=O)C(=O)OC(CC(Oc1ccc(Cl)cc1)c1cccs1)N(C)C. The molecule has 4 unspecified atom stereocenters. The summed E-state index contributed by atoms with van der Waals surface area (Å²) < 4.78 is 23.9. The molecule has 2 aromatic heterocycles. The van der Waals surface area contributed by atoms with Crippen LogP contribution in [0.15, 0.2) is 83.6 Å². The van der Waals surface area contributed by atoms with Crippen molar-refractivity contribution in [3.63, 3.8) is 0 Å². The molecule has 0 N–H and O–H groups in total. The van der Waals surface area contributed by atoms with E-state index in [1.807, 2.05) is 35.0 Å². The molecule has 0 radical (unpaired) electrons. The summed E-state index contributed by atoms with van der Waals surface area (Å²) in [6.45, 7) is 0. The van der Waals surface area contributed by atoms with E-state index in [9.17, 15) is 9.59 Å². The lowest BCUT2D eigenvalue weighted by atomic mass is 10.1. The largest absolute Gasteiger partial charge is 0.485 e. The zero-order valence-corrected chi connectivity index (χ0v) is 27.9. The standard InChI is InChI=1S/C32H34Cl2N2O6S2/c1-35(2)29(19-25(27-7-5-17-43-27)39-23-13-9-21(33)10-14-23)41-31(37)32(38)42-30(36(3)4)20-26(28-8-6-18-44-28)40-24-15-11-22(34)12-16-24/h5-18,25-26,29-30H,19-20H2,1-4H3. The number of halogens is 2. The Morgan fingerprint density at radius 2 is 1.00 bits per heavy atom. The molecule has 2 aromatic carbocycles. The van der Waals surface area contributed by atoms with Crippen LogP contribution in [0.1, 0.15) is 34.8 Å². The molecule has 0 aliphatic carbocycles. The van der Waals surface area contributed by atoms with Gasteiger partial charge in [-0.3, -0.25) is 9.80 Å². The first-order valence-corrected chi connectivity index (χ1v) is 16.3. The van der Waals surface area contributed by atoms with Gasteiger partial charge >= 0.3 is 11.9 Å². The third kappa shape index (κ3) is 9.95. The fourth-order valence-corrected chi connectivity index (χ4v) is 5.97. The maximum Gasteiger partial charge on any atom is 0.419 e. The molecule has 4 atom stereocenters. The first-order valence-electron chi connectivity index (χ1n) is 13.7. The van der Waals surface area contributed by atoms with Gasteiger partial charge in [0.1, 0.15) is 23.7 Å². The quantitative estimate of drug-likeness (QED) is 0.0764. The number of carbonyl (C=O) groups is 2. The normalized spacial score (nSPS) is 14.1. The Labute approximate surface area is 275 Å². The van der Waals surface area contributed by atoms with Crippen LogP contribution in [0, 0.1) is 0 Å². The van der Waals surface area contributed by atoms with Crippen LogP contribution < -0.4 is 9.47 Å². The molecule has 0 aliphatic rings. The van der Waals surface area contributed by atoms with Crippen molar-refractivity contribution in [2.75, 3.05) is 28.2 Å². The summed E-state index contributed by atoms with van der Waals surface area (Å²) in [7, 11) is 7.05. The van der Waals surface area contributed by atoms with Crippen LogP contribution in [0.2, 0.25) is 10.0 Å². The molecule has 0 saturated carbocycles. The van der Waals surface area contributed by atoms with Crippen molar-refractivity contribution in [1.29, 1.82) is 0 Å². The molecule has 0 fully saturated rings. The molecule has 2 heterocycles. The van der Waals surface area contributed by atoms with Crippen LogP contribution >= 0.6 is 45.9 Å². The average molecular weight is 678 g/mol. The van der Waals surface area contributed by atoms with Crippen molar-refractivity contribution in [3.8, 4) is 11.5 Å². The van der Waals surface area contributed by atoms with Gasteiger partial charge in [-0.2, -0.15) is 0 Å². The Morgan fingerprint density at radius 1 is 0.636 bits per heavy atom. The van der Waals surface area contributed by atoms with Crippen molar-refractivity contribution in [2.24, 2.45) is 0 Å². The average Bonchev–Trinajstić information content (AvgIpc) is 3.73. The molecule has 0 bridgehead atoms. The van der Waals surface area contributed by atoms with Gasteiger partial charge in [0.05, 0.1) is 0 Å². The van der Waals surface area contributed by atoms with E-state index >= 15 is 0 Å². The summed E-state index contributed by atoms with van der Waals surface area (Å²) in [4.78, 5) is 31.5. The Kier molecular flexibility index (Phi) is 12.5. The topological polar surface area (TPSA) is 77.5 Å². The van der Waals surface area contributed by atoms with E-state index in [4.69, 9.17) is 42.1 Å². The van der Waals surface area contributed by atoms with Crippen LogP contribution in [-0.2, 0) is 19.1 Å². The first-order chi connectivity index (χ1) is 21.1. The third-order valence-electron chi connectivity index (χ3n) is 6.54. The van der Waals surface area contributed by atoms with E-state index in [0.29, 0.717) is 21.5 Å². The van der Waals surface area contributed by atoms with Gasteiger partial charge in [0.25, 0.3) is 0 Å². The molecule has 4 aromatic rings.